The summed E-state index contributed by atoms with van der Waals surface area (Å²) in [6.45, 7) is 11.4. The number of nitrogens with zero attached hydrogens (tertiary/aromatic N) is 1. The van der Waals surface area contributed by atoms with Gasteiger partial charge in [0.05, 0.1) is 12.6 Å². The fraction of sp³-hybridized carbons (Fsp3) is 0.500. The van der Waals surface area contributed by atoms with Crippen molar-refractivity contribution in [3.8, 4) is 5.75 Å². The van der Waals surface area contributed by atoms with Gasteiger partial charge in [-0.05, 0) is 44.5 Å². The quantitative estimate of drug-likeness (QED) is 0.737. The predicted octanol–water partition coefficient (Wildman–Crippen LogP) is 4.23. The van der Waals surface area contributed by atoms with Crippen molar-refractivity contribution in [1.29, 1.82) is 0 Å². The van der Waals surface area contributed by atoms with Gasteiger partial charge >= 0.3 is 0 Å². The van der Waals surface area contributed by atoms with E-state index in [1.165, 1.54) is 0 Å². The molecule has 2 rings (SSSR count). The van der Waals surface area contributed by atoms with Crippen molar-refractivity contribution in [3.63, 3.8) is 0 Å². The van der Waals surface area contributed by atoms with Crippen LogP contribution in [-0.4, -0.2) is 28.9 Å². The van der Waals surface area contributed by atoms with Crippen LogP contribution in [0.2, 0.25) is 0 Å². The number of rotatable bonds is 7. The Morgan fingerprint density at radius 2 is 2.04 bits per heavy atom. The van der Waals surface area contributed by atoms with Crippen LogP contribution in [0, 0.1) is 5.92 Å². The summed E-state index contributed by atoms with van der Waals surface area (Å²) in [6.07, 6.45) is 0.961. The number of benzene rings is 1. The second-order valence-electron chi connectivity index (χ2n) is 6.83. The summed E-state index contributed by atoms with van der Waals surface area (Å²) in [5.74, 6) is 1.28. The Balaban J connectivity index is 2.47. The van der Waals surface area contributed by atoms with Gasteiger partial charge in [0.2, 0.25) is 0 Å². The molecule has 5 heteroatoms. The maximum Gasteiger partial charge on any atom is 0.173 e. The SMILES string of the molecule is CCCN1C(=S)NC(c2ccccc2OCC(C)C)C(C(C)=O)=C1C. The Bertz CT molecular complexity index is 682. The number of Topliss-reactive ketones (excluding diaryl/α,β-unsaturated/α-hetero) is 1. The molecule has 136 valence electrons. The minimum Gasteiger partial charge on any atom is -0.493 e. The van der Waals surface area contributed by atoms with Crippen LogP contribution >= 0.6 is 12.2 Å². The number of carbonyl (C=O) groups excluding carboxylic acids is 1. The molecule has 1 atom stereocenters. The average molecular weight is 361 g/mol. The summed E-state index contributed by atoms with van der Waals surface area (Å²) in [4.78, 5) is 14.4. The molecule has 0 saturated heterocycles. The molecule has 0 saturated carbocycles. The topological polar surface area (TPSA) is 41.6 Å². The lowest BCUT2D eigenvalue weighted by molar-refractivity contribution is -0.114. The van der Waals surface area contributed by atoms with Gasteiger partial charge in [-0.1, -0.05) is 39.0 Å². The first-order valence-corrected chi connectivity index (χ1v) is 9.29. The molecular weight excluding hydrogens is 332 g/mol. The molecule has 1 aromatic carbocycles. The smallest absolute Gasteiger partial charge is 0.173 e. The minimum absolute atomic E-state index is 0.0530. The molecule has 1 aliphatic heterocycles. The fourth-order valence-electron chi connectivity index (χ4n) is 3.07. The number of ketones is 1. The van der Waals surface area contributed by atoms with Gasteiger partial charge in [-0.25, -0.2) is 0 Å². The van der Waals surface area contributed by atoms with Crippen LogP contribution < -0.4 is 10.1 Å². The van der Waals surface area contributed by atoms with Crippen LogP contribution in [0.1, 0.15) is 52.6 Å². The van der Waals surface area contributed by atoms with Crippen molar-refractivity contribution in [2.45, 2.75) is 47.1 Å². The summed E-state index contributed by atoms with van der Waals surface area (Å²) >= 11 is 5.56. The van der Waals surface area contributed by atoms with Crippen molar-refractivity contribution in [3.05, 3.63) is 41.1 Å². The molecule has 0 fully saturated rings. The Morgan fingerprint density at radius 1 is 1.36 bits per heavy atom. The molecule has 0 aliphatic carbocycles. The van der Waals surface area contributed by atoms with Gasteiger partial charge in [0.25, 0.3) is 0 Å². The van der Waals surface area contributed by atoms with Crippen molar-refractivity contribution in [1.82, 2.24) is 10.2 Å². The number of allylic oxidation sites excluding steroid dienone is 1. The molecule has 0 radical (unpaired) electrons. The van der Waals surface area contributed by atoms with Crippen molar-refractivity contribution in [2.75, 3.05) is 13.2 Å². The Kier molecular flexibility index (Phi) is 6.59. The van der Waals surface area contributed by atoms with Crippen LogP contribution in [0.3, 0.4) is 0 Å². The first-order valence-electron chi connectivity index (χ1n) is 8.88. The number of hydrogen-bond donors (Lipinski definition) is 1. The van der Waals surface area contributed by atoms with Gasteiger partial charge in [-0.2, -0.15) is 0 Å². The van der Waals surface area contributed by atoms with E-state index in [-0.39, 0.29) is 11.8 Å². The summed E-state index contributed by atoms with van der Waals surface area (Å²) in [5, 5.41) is 4.02. The van der Waals surface area contributed by atoms with Gasteiger partial charge in [-0.3, -0.25) is 4.79 Å². The highest BCUT2D eigenvalue weighted by Gasteiger charge is 2.33. The van der Waals surface area contributed by atoms with E-state index in [4.69, 9.17) is 17.0 Å². The molecule has 1 heterocycles. The van der Waals surface area contributed by atoms with E-state index < -0.39 is 0 Å². The molecule has 0 bridgehead atoms. The molecule has 0 spiro atoms. The highest BCUT2D eigenvalue weighted by molar-refractivity contribution is 7.80. The number of ether oxygens (including phenoxy) is 1. The van der Waals surface area contributed by atoms with E-state index in [1.54, 1.807) is 6.92 Å². The third kappa shape index (κ3) is 4.40. The Morgan fingerprint density at radius 3 is 2.64 bits per heavy atom. The van der Waals surface area contributed by atoms with Crippen molar-refractivity contribution in [2.24, 2.45) is 5.92 Å². The number of thiocarbonyl (C=S) groups is 1. The highest BCUT2D eigenvalue weighted by atomic mass is 32.1. The lowest BCUT2D eigenvalue weighted by Gasteiger charge is -2.38. The molecule has 4 nitrogen and oxygen atoms in total. The van der Waals surface area contributed by atoms with Crippen LogP contribution in [0.15, 0.2) is 35.5 Å². The molecule has 1 N–H and O–H groups in total. The standard InChI is InChI=1S/C20H28N2O2S/c1-6-11-22-14(4)18(15(5)23)19(21-20(22)25)16-9-7-8-10-17(16)24-12-13(2)3/h7-10,13,19H,6,11-12H2,1-5H3,(H,21,25). The van der Waals surface area contributed by atoms with E-state index in [1.807, 2.05) is 36.1 Å². The van der Waals surface area contributed by atoms with Crippen LogP contribution in [0.4, 0.5) is 0 Å². The number of nitrogens with one attached hydrogen (secondary N) is 1. The zero-order valence-corrected chi connectivity index (χ0v) is 16.6. The number of hydrogen-bond acceptors (Lipinski definition) is 3. The number of carbonyl (C=O) groups is 1. The van der Waals surface area contributed by atoms with E-state index in [2.05, 4.69) is 26.1 Å². The maximum atomic E-state index is 12.4. The first kappa shape index (κ1) is 19.4. The lowest BCUT2D eigenvalue weighted by Crippen LogP contribution is -2.47. The van der Waals surface area contributed by atoms with Crippen LogP contribution in [0.25, 0.3) is 0 Å². The fourth-order valence-corrected chi connectivity index (χ4v) is 3.42. The Hall–Kier alpha value is -1.88. The molecule has 1 unspecified atom stereocenters. The summed E-state index contributed by atoms with van der Waals surface area (Å²) in [6, 6.07) is 7.60. The Labute approximate surface area is 156 Å². The number of para-hydroxylation sites is 1. The zero-order chi connectivity index (χ0) is 18.6. The van der Waals surface area contributed by atoms with Crippen LogP contribution in [-0.2, 0) is 4.79 Å². The largest absolute Gasteiger partial charge is 0.493 e. The third-order valence-electron chi connectivity index (χ3n) is 4.22. The predicted molar refractivity (Wildman–Crippen MR) is 106 cm³/mol. The molecule has 1 aliphatic rings. The maximum absolute atomic E-state index is 12.4. The van der Waals surface area contributed by atoms with Gasteiger partial charge in [0.1, 0.15) is 5.75 Å². The van der Waals surface area contributed by atoms with Crippen molar-refractivity contribution < 1.29 is 9.53 Å². The first-order chi connectivity index (χ1) is 11.9. The highest BCUT2D eigenvalue weighted by Crippen LogP contribution is 2.35. The average Bonchev–Trinajstić information content (AvgIpc) is 2.56. The van der Waals surface area contributed by atoms with E-state index in [0.717, 1.165) is 35.5 Å². The van der Waals surface area contributed by atoms with Crippen LogP contribution in [0.5, 0.6) is 5.75 Å². The molecule has 25 heavy (non-hydrogen) atoms. The normalized spacial score (nSPS) is 17.8. The van der Waals surface area contributed by atoms with E-state index >= 15 is 0 Å². The third-order valence-corrected chi connectivity index (χ3v) is 4.56. The van der Waals surface area contributed by atoms with E-state index in [9.17, 15) is 4.79 Å². The van der Waals surface area contributed by atoms with Gasteiger partial charge < -0.3 is 15.0 Å². The molecule has 1 aromatic rings. The summed E-state index contributed by atoms with van der Waals surface area (Å²) < 4.78 is 5.99. The monoisotopic (exact) mass is 360 g/mol. The summed E-state index contributed by atoms with van der Waals surface area (Å²) in [7, 11) is 0. The van der Waals surface area contributed by atoms with Crippen molar-refractivity contribution >= 4 is 23.1 Å². The second kappa shape index (κ2) is 8.48. The van der Waals surface area contributed by atoms with Gasteiger partial charge in [-0.15, -0.1) is 0 Å². The molecular formula is C20H28N2O2S. The summed E-state index contributed by atoms with van der Waals surface area (Å²) in [5.41, 5.74) is 2.63. The van der Waals surface area contributed by atoms with Gasteiger partial charge in [0, 0.05) is 23.4 Å². The lowest BCUT2D eigenvalue weighted by atomic mass is 9.92. The molecule has 0 aromatic heterocycles. The second-order valence-corrected chi connectivity index (χ2v) is 7.22. The zero-order valence-electron chi connectivity index (χ0n) is 15.8. The molecule has 0 amide bonds. The van der Waals surface area contributed by atoms with E-state index in [0.29, 0.717) is 17.6 Å². The minimum atomic E-state index is -0.276. The van der Waals surface area contributed by atoms with Gasteiger partial charge in [0.15, 0.2) is 10.9 Å².